The predicted octanol–water partition coefficient (Wildman–Crippen LogP) is 3.70. The van der Waals surface area contributed by atoms with E-state index in [0.717, 1.165) is 31.6 Å². The van der Waals surface area contributed by atoms with Gasteiger partial charge in [-0.05, 0) is 67.0 Å². The summed E-state index contributed by atoms with van der Waals surface area (Å²) in [5.41, 5.74) is 0. The topological polar surface area (TPSA) is 67.4 Å². The van der Waals surface area contributed by atoms with E-state index in [2.05, 4.69) is 12.2 Å². The van der Waals surface area contributed by atoms with Crippen molar-refractivity contribution < 1.29 is 26.6 Å². The van der Waals surface area contributed by atoms with Crippen LogP contribution in [0.5, 0.6) is 0 Å². The molecule has 9 heteroatoms. The summed E-state index contributed by atoms with van der Waals surface area (Å²) in [7, 11) is -5.12. The molecule has 0 spiro atoms. The van der Waals surface area contributed by atoms with Gasteiger partial charge < -0.3 is 31.9 Å². The van der Waals surface area contributed by atoms with Crippen molar-refractivity contribution in [2.45, 2.75) is 67.0 Å². The molecule has 170 valence electrons. The van der Waals surface area contributed by atoms with E-state index in [-0.39, 0.29) is 0 Å². The maximum atomic E-state index is 5.96. The van der Waals surface area contributed by atoms with Gasteiger partial charge in [-0.15, -0.1) is 0 Å². The van der Waals surface area contributed by atoms with Crippen LogP contribution < -0.4 is 5.32 Å². The van der Waals surface area contributed by atoms with Gasteiger partial charge in [0.15, 0.2) is 0 Å². The average molecular weight is 440 g/mol. The molecule has 0 radical (unpaired) electrons. The quantitative estimate of drug-likeness (QED) is 0.229. The summed E-state index contributed by atoms with van der Waals surface area (Å²) < 4.78 is 35.6. The minimum absolute atomic E-state index is 0.406. The van der Waals surface area contributed by atoms with E-state index in [1.807, 2.05) is 41.5 Å². The van der Waals surface area contributed by atoms with Gasteiger partial charge in [0.2, 0.25) is 0 Å². The first-order chi connectivity index (χ1) is 13.5. The molecule has 7 nitrogen and oxygen atoms in total. The van der Waals surface area contributed by atoms with Crippen LogP contribution in [0.25, 0.3) is 0 Å². The zero-order valence-electron chi connectivity index (χ0n) is 19.3. The second kappa shape index (κ2) is 16.9. The molecule has 1 N–H and O–H groups in total. The summed E-state index contributed by atoms with van der Waals surface area (Å²) in [4.78, 5) is 0. The molecule has 0 aliphatic heterocycles. The number of nitrogens with one attached hydrogen (secondary N) is 1. The van der Waals surface area contributed by atoms with Gasteiger partial charge in [0, 0.05) is 51.7 Å². The summed E-state index contributed by atoms with van der Waals surface area (Å²) in [5.74, 6) is 0.406. The minimum atomic E-state index is -2.58. The van der Waals surface area contributed by atoms with Crippen LogP contribution in [0.4, 0.5) is 0 Å². The fourth-order valence-electron chi connectivity index (χ4n) is 3.24. The molecule has 0 aromatic heterocycles. The minimum Gasteiger partial charge on any atom is -0.374 e. The van der Waals surface area contributed by atoms with Crippen LogP contribution in [-0.2, 0) is 26.6 Å². The Hall–Kier alpha value is 0.154. The van der Waals surface area contributed by atoms with Crippen molar-refractivity contribution in [1.29, 1.82) is 0 Å². The van der Waals surface area contributed by atoms with Crippen molar-refractivity contribution in [2.75, 3.05) is 52.7 Å². The molecule has 0 saturated heterocycles. The van der Waals surface area contributed by atoms with Crippen LogP contribution in [0.2, 0.25) is 12.1 Å². The fourth-order valence-corrected chi connectivity index (χ4v) is 8.77. The highest BCUT2D eigenvalue weighted by molar-refractivity contribution is 6.61. The van der Waals surface area contributed by atoms with E-state index in [1.54, 1.807) is 0 Å². The third kappa shape index (κ3) is 11.4. The average Bonchev–Trinajstić information content (AvgIpc) is 2.62. The first kappa shape index (κ1) is 28.2. The molecular formula is C19H45NO6Si2. The summed E-state index contributed by atoms with van der Waals surface area (Å²) in [6, 6.07) is 1.66. The second-order valence-corrected chi connectivity index (χ2v) is 12.0. The lowest BCUT2D eigenvalue weighted by Crippen LogP contribution is -2.48. The van der Waals surface area contributed by atoms with Gasteiger partial charge in [-0.2, -0.15) is 0 Å². The molecule has 0 amide bonds. The summed E-state index contributed by atoms with van der Waals surface area (Å²) in [6.07, 6.45) is 0.962. The molecule has 0 saturated carbocycles. The molecule has 0 aliphatic carbocycles. The van der Waals surface area contributed by atoms with Crippen LogP contribution in [0.3, 0.4) is 0 Å². The molecule has 0 aromatic carbocycles. The van der Waals surface area contributed by atoms with Gasteiger partial charge in [0.1, 0.15) is 0 Å². The van der Waals surface area contributed by atoms with Crippen molar-refractivity contribution in [3.63, 3.8) is 0 Å². The normalized spacial score (nSPS) is 13.8. The van der Waals surface area contributed by atoms with E-state index in [0.29, 0.717) is 45.6 Å². The van der Waals surface area contributed by atoms with Gasteiger partial charge in [-0.1, -0.05) is 6.92 Å². The second-order valence-electron chi connectivity index (χ2n) is 6.58. The Morgan fingerprint density at radius 3 is 1.43 bits per heavy atom. The molecule has 0 aromatic rings. The molecule has 0 rings (SSSR count). The van der Waals surface area contributed by atoms with Crippen LogP contribution in [0.1, 0.15) is 54.9 Å². The highest BCUT2D eigenvalue weighted by Crippen LogP contribution is 2.22. The fraction of sp³-hybridized carbons (Fsp3) is 1.00. The van der Waals surface area contributed by atoms with Crippen LogP contribution in [0, 0.1) is 5.92 Å². The Morgan fingerprint density at radius 2 is 1.04 bits per heavy atom. The molecular weight excluding hydrogens is 394 g/mol. The van der Waals surface area contributed by atoms with E-state index in [1.165, 1.54) is 0 Å². The zero-order chi connectivity index (χ0) is 21.3. The van der Waals surface area contributed by atoms with Crippen molar-refractivity contribution in [3.05, 3.63) is 0 Å². The monoisotopic (exact) mass is 439 g/mol. The van der Waals surface area contributed by atoms with Gasteiger partial charge >= 0.3 is 17.6 Å². The highest BCUT2D eigenvalue weighted by Gasteiger charge is 2.42. The standard InChI is InChI=1S/C19H45NO6Si2/c1-8-21-27(22-9-2,23-10-3)16-14-15-20-17-19(7)18-28(24-11-4,25-12-5)26-13-6/h19-20H,8-18H2,1-7H3/t19-/m0/s1. The van der Waals surface area contributed by atoms with Crippen molar-refractivity contribution in [2.24, 2.45) is 5.92 Å². The maximum absolute atomic E-state index is 5.96. The number of hydrogen-bond donors (Lipinski definition) is 1. The Balaban J connectivity index is 4.45. The Kier molecular flexibility index (Phi) is 17.0. The molecule has 0 bridgehead atoms. The lowest BCUT2D eigenvalue weighted by Gasteiger charge is -2.31. The van der Waals surface area contributed by atoms with Crippen LogP contribution >= 0.6 is 0 Å². The van der Waals surface area contributed by atoms with Gasteiger partial charge in [0.05, 0.1) is 0 Å². The highest BCUT2D eigenvalue weighted by atomic mass is 28.4. The van der Waals surface area contributed by atoms with Gasteiger partial charge in [0.25, 0.3) is 0 Å². The molecule has 0 unspecified atom stereocenters. The first-order valence-corrected chi connectivity index (χ1v) is 14.9. The molecule has 0 fully saturated rings. The van der Waals surface area contributed by atoms with Crippen molar-refractivity contribution in [3.8, 4) is 0 Å². The largest absolute Gasteiger partial charge is 0.501 e. The third-order valence-corrected chi connectivity index (χ3v) is 10.6. The van der Waals surface area contributed by atoms with E-state index >= 15 is 0 Å². The zero-order valence-corrected chi connectivity index (χ0v) is 21.3. The van der Waals surface area contributed by atoms with Crippen LogP contribution in [-0.4, -0.2) is 70.3 Å². The third-order valence-electron chi connectivity index (χ3n) is 4.11. The van der Waals surface area contributed by atoms with E-state index in [4.69, 9.17) is 26.6 Å². The summed E-state index contributed by atoms with van der Waals surface area (Å²) in [5, 5.41) is 3.54. The Morgan fingerprint density at radius 1 is 0.643 bits per heavy atom. The van der Waals surface area contributed by atoms with Crippen molar-refractivity contribution in [1.82, 2.24) is 5.32 Å². The Labute approximate surface area is 175 Å². The lowest BCUT2D eigenvalue weighted by molar-refractivity contribution is 0.0676. The molecule has 1 atom stereocenters. The number of rotatable bonds is 20. The summed E-state index contributed by atoms with van der Waals surface area (Å²) in [6.45, 7) is 19.7. The first-order valence-electron chi connectivity index (χ1n) is 11.0. The predicted molar refractivity (Wildman–Crippen MR) is 118 cm³/mol. The van der Waals surface area contributed by atoms with Gasteiger partial charge in [-0.3, -0.25) is 0 Å². The maximum Gasteiger partial charge on any atom is 0.501 e. The number of hydrogen-bond acceptors (Lipinski definition) is 7. The molecule has 0 aliphatic rings. The van der Waals surface area contributed by atoms with E-state index < -0.39 is 17.6 Å². The van der Waals surface area contributed by atoms with Crippen molar-refractivity contribution >= 4 is 17.6 Å². The smallest absolute Gasteiger partial charge is 0.374 e. The Bertz CT molecular complexity index is 331. The van der Waals surface area contributed by atoms with E-state index in [9.17, 15) is 0 Å². The lowest BCUT2D eigenvalue weighted by atomic mass is 10.2. The molecule has 0 heterocycles. The van der Waals surface area contributed by atoms with Gasteiger partial charge in [-0.25, -0.2) is 0 Å². The summed E-state index contributed by atoms with van der Waals surface area (Å²) >= 11 is 0. The van der Waals surface area contributed by atoms with Crippen LogP contribution in [0.15, 0.2) is 0 Å². The SMILES string of the molecule is CCO[Si](CCCNC[C@H](C)C[Si](OCC)(OCC)OCC)(OCC)OCC. The molecule has 28 heavy (non-hydrogen) atoms.